The Morgan fingerprint density at radius 2 is 1.54 bits per heavy atom. The first-order chi connectivity index (χ1) is 17.4. The molecular weight excluding hydrogens is 659 g/mol. The van der Waals surface area contributed by atoms with E-state index in [1.807, 2.05) is 26.0 Å². The molecular formula is C23H28Br2Cl2N4O6. The molecule has 2 aromatic rings. The van der Waals surface area contributed by atoms with Gasteiger partial charge in [-0.1, -0.05) is 0 Å². The van der Waals surface area contributed by atoms with Gasteiger partial charge in [0.05, 0.1) is 26.4 Å². The molecule has 37 heavy (non-hydrogen) atoms. The van der Waals surface area contributed by atoms with Crippen molar-refractivity contribution in [2.24, 2.45) is 0 Å². The van der Waals surface area contributed by atoms with E-state index in [1.165, 1.54) is 6.20 Å². The third kappa shape index (κ3) is 8.82. The summed E-state index contributed by atoms with van der Waals surface area (Å²) in [5.41, 5.74) is -0.610. The van der Waals surface area contributed by atoms with Crippen LogP contribution in [0.25, 0.3) is 0 Å². The second-order valence-corrected chi connectivity index (χ2v) is 10.7. The Kier molecular flexibility index (Phi) is 12.2. The number of hydrogen-bond acceptors (Lipinski definition) is 8. The van der Waals surface area contributed by atoms with Crippen LogP contribution in [-0.2, 0) is 30.1 Å². The lowest BCUT2D eigenvalue weighted by Gasteiger charge is -2.44. The number of ether oxygens (including phenoxy) is 2. The van der Waals surface area contributed by atoms with Crippen LogP contribution in [0.2, 0.25) is 0 Å². The van der Waals surface area contributed by atoms with Crippen LogP contribution in [0.3, 0.4) is 0 Å². The van der Waals surface area contributed by atoms with Gasteiger partial charge in [0.2, 0.25) is 11.8 Å². The number of alkyl halides is 2. The van der Waals surface area contributed by atoms with Crippen molar-refractivity contribution in [2.75, 3.05) is 38.2 Å². The number of aromatic nitrogens is 2. The molecule has 0 radical (unpaired) electrons. The molecule has 0 unspecified atom stereocenters. The van der Waals surface area contributed by atoms with E-state index in [4.69, 9.17) is 32.7 Å². The summed E-state index contributed by atoms with van der Waals surface area (Å²) in [5, 5.41) is 24.2. The van der Waals surface area contributed by atoms with Crippen molar-refractivity contribution in [2.45, 2.75) is 30.7 Å². The highest BCUT2D eigenvalue weighted by atomic mass is 79.9. The van der Waals surface area contributed by atoms with E-state index < -0.39 is 36.0 Å². The van der Waals surface area contributed by atoms with E-state index in [1.54, 1.807) is 18.3 Å². The van der Waals surface area contributed by atoms with Crippen molar-refractivity contribution in [1.29, 1.82) is 0 Å². The summed E-state index contributed by atoms with van der Waals surface area (Å²) in [6, 6.07) is 6.87. The van der Waals surface area contributed by atoms with Gasteiger partial charge < -0.3 is 30.3 Å². The Bertz CT molecular complexity index is 1070. The van der Waals surface area contributed by atoms with E-state index in [9.17, 15) is 19.8 Å². The van der Waals surface area contributed by atoms with Crippen LogP contribution in [0, 0.1) is 0 Å². The van der Waals surface area contributed by atoms with Crippen LogP contribution in [0.1, 0.15) is 25.0 Å². The SMILES string of the molecule is CC1(C)OCC(NC(=O)CCl)(c2ccnc(Br)c2)CO1.O=C(CCl)NC(CO)(CO)c1ccnc(Br)c1. The van der Waals surface area contributed by atoms with E-state index in [-0.39, 0.29) is 17.7 Å². The quantitative estimate of drug-likeness (QED) is 0.245. The summed E-state index contributed by atoms with van der Waals surface area (Å²) >= 11 is 17.5. The Hall–Kier alpha value is -1.38. The van der Waals surface area contributed by atoms with Crippen LogP contribution in [0.5, 0.6) is 0 Å². The minimum atomic E-state index is -1.25. The molecule has 0 saturated carbocycles. The van der Waals surface area contributed by atoms with Crippen LogP contribution in [0.15, 0.2) is 45.9 Å². The molecule has 0 aliphatic carbocycles. The van der Waals surface area contributed by atoms with E-state index >= 15 is 0 Å². The summed E-state index contributed by atoms with van der Waals surface area (Å²) in [6.45, 7) is 3.40. The Morgan fingerprint density at radius 3 is 2.03 bits per heavy atom. The molecule has 0 aromatic carbocycles. The van der Waals surface area contributed by atoms with Crippen molar-refractivity contribution in [3.05, 3.63) is 57.0 Å². The lowest BCUT2D eigenvalue weighted by atomic mass is 9.91. The number of halogens is 4. The zero-order valence-corrected chi connectivity index (χ0v) is 24.8. The zero-order valence-electron chi connectivity index (χ0n) is 20.1. The number of carbonyl (C=O) groups excluding carboxylic acids is 2. The molecule has 3 heterocycles. The second-order valence-electron chi connectivity index (χ2n) is 8.56. The summed E-state index contributed by atoms with van der Waals surface area (Å²) in [7, 11) is 0. The molecule has 204 valence electrons. The minimum Gasteiger partial charge on any atom is -0.393 e. The molecule has 14 heteroatoms. The molecule has 0 atom stereocenters. The third-order valence-corrected chi connectivity index (χ3v) is 6.78. The lowest BCUT2D eigenvalue weighted by Crippen LogP contribution is -2.59. The van der Waals surface area contributed by atoms with Crippen molar-refractivity contribution in [3.8, 4) is 0 Å². The van der Waals surface area contributed by atoms with Gasteiger partial charge in [0.25, 0.3) is 0 Å². The summed E-state index contributed by atoms with van der Waals surface area (Å²) in [4.78, 5) is 31.1. The predicted octanol–water partition coefficient (Wildman–Crippen LogP) is 2.56. The summed E-state index contributed by atoms with van der Waals surface area (Å²) in [6.07, 6.45) is 3.17. The maximum Gasteiger partial charge on any atom is 0.235 e. The number of nitrogens with zero attached hydrogens (tertiary/aromatic N) is 2. The Labute approximate surface area is 241 Å². The van der Waals surface area contributed by atoms with Crippen molar-refractivity contribution >= 4 is 66.9 Å². The molecule has 1 aliphatic rings. The highest BCUT2D eigenvalue weighted by Crippen LogP contribution is 2.32. The zero-order chi connectivity index (χ0) is 27.7. The first-order valence-electron chi connectivity index (χ1n) is 10.9. The molecule has 3 rings (SSSR count). The van der Waals surface area contributed by atoms with Crippen LogP contribution in [-0.4, -0.2) is 76.0 Å². The highest BCUT2D eigenvalue weighted by molar-refractivity contribution is 9.10. The predicted molar refractivity (Wildman–Crippen MR) is 145 cm³/mol. The molecule has 4 N–H and O–H groups in total. The molecule has 1 aliphatic heterocycles. The Balaban J connectivity index is 0.000000264. The van der Waals surface area contributed by atoms with Crippen molar-refractivity contribution < 1.29 is 29.3 Å². The Morgan fingerprint density at radius 1 is 1.00 bits per heavy atom. The molecule has 1 saturated heterocycles. The largest absolute Gasteiger partial charge is 0.393 e. The highest BCUT2D eigenvalue weighted by Gasteiger charge is 2.42. The van der Waals surface area contributed by atoms with Gasteiger partial charge in [0.15, 0.2) is 5.79 Å². The number of aliphatic hydroxyl groups is 2. The van der Waals surface area contributed by atoms with E-state index in [0.29, 0.717) is 28.0 Å². The van der Waals surface area contributed by atoms with Crippen LogP contribution in [0.4, 0.5) is 0 Å². The van der Waals surface area contributed by atoms with Gasteiger partial charge in [0, 0.05) is 12.4 Å². The lowest BCUT2D eigenvalue weighted by molar-refractivity contribution is -0.273. The number of aliphatic hydroxyl groups excluding tert-OH is 2. The van der Waals surface area contributed by atoms with Gasteiger partial charge in [0.1, 0.15) is 32.0 Å². The fraction of sp³-hybridized carbons (Fsp3) is 0.478. The van der Waals surface area contributed by atoms with Gasteiger partial charge in [-0.05, 0) is 81.1 Å². The normalized spacial score (nSPS) is 16.2. The molecule has 0 bridgehead atoms. The monoisotopic (exact) mass is 684 g/mol. The fourth-order valence-electron chi connectivity index (χ4n) is 3.37. The van der Waals surface area contributed by atoms with Crippen LogP contribution < -0.4 is 10.6 Å². The number of nitrogens with one attached hydrogen (secondary N) is 2. The topological polar surface area (TPSA) is 143 Å². The maximum atomic E-state index is 11.7. The molecule has 2 aromatic heterocycles. The number of hydrogen-bond donors (Lipinski definition) is 4. The fourth-order valence-corrected chi connectivity index (χ4v) is 4.24. The third-order valence-electron chi connectivity index (χ3n) is 5.43. The first kappa shape index (κ1) is 31.8. The van der Waals surface area contributed by atoms with E-state index in [0.717, 1.165) is 5.56 Å². The van der Waals surface area contributed by atoms with E-state index in [2.05, 4.69) is 52.5 Å². The second kappa shape index (κ2) is 14.1. The average molecular weight is 687 g/mol. The maximum absolute atomic E-state index is 11.7. The first-order valence-corrected chi connectivity index (χ1v) is 13.6. The molecule has 0 spiro atoms. The molecule has 1 fully saturated rings. The smallest absolute Gasteiger partial charge is 0.235 e. The number of pyridine rings is 2. The van der Waals surface area contributed by atoms with Crippen molar-refractivity contribution in [3.63, 3.8) is 0 Å². The van der Waals surface area contributed by atoms with Crippen molar-refractivity contribution in [1.82, 2.24) is 20.6 Å². The molecule has 2 amide bonds. The van der Waals surface area contributed by atoms with Gasteiger partial charge >= 0.3 is 0 Å². The van der Waals surface area contributed by atoms with Gasteiger partial charge in [-0.15, -0.1) is 23.2 Å². The van der Waals surface area contributed by atoms with Crippen LogP contribution >= 0.6 is 55.1 Å². The number of rotatable bonds is 8. The summed E-state index contributed by atoms with van der Waals surface area (Å²) in [5.74, 6) is -1.76. The molecule has 10 nitrogen and oxygen atoms in total. The van der Waals surface area contributed by atoms with Gasteiger partial charge in [-0.25, -0.2) is 9.97 Å². The van der Waals surface area contributed by atoms with Gasteiger partial charge in [-0.3, -0.25) is 9.59 Å². The minimum absolute atomic E-state index is 0.114. The summed E-state index contributed by atoms with van der Waals surface area (Å²) < 4.78 is 12.6. The standard InChI is InChI=1S/C13H16BrClN2O3.C10H12BrClN2O3/c1-12(2)19-7-13(8-20-12,17-11(18)6-15)9-3-4-16-10(14)5-9;11-8-3-7(1-2-13-8)10(5-15,6-16)14-9(17)4-12/h3-5H,6-8H2,1-2H3,(H,17,18);1-3,15-16H,4-6H2,(H,14,17). The number of amides is 2. The number of carbonyl (C=O) groups is 2. The average Bonchev–Trinajstić information content (AvgIpc) is 2.89. The van der Waals surface area contributed by atoms with Gasteiger partial charge in [-0.2, -0.15) is 0 Å².